The van der Waals surface area contributed by atoms with E-state index >= 15 is 0 Å². The number of ether oxygens (including phenoxy) is 2. The molecule has 1 aromatic carbocycles. The monoisotopic (exact) mass is 333 g/mol. The van der Waals surface area contributed by atoms with Gasteiger partial charge in [0, 0.05) is 16.5 Å². The Morgan fingerprint density at radius 2 is 2.13 bits per heavy atom. The first-order chi connectivity index (χ1) is 11.1. The molecule has 122 valence electrons. The average molecular weight is 333 g/mol. The Hall–Kier alpha value is -2.12. The maximum Gasteiger partial charge on any atom is 0.257 e. The van der Waals surface area contributed by atoms with Gasteiger partial charge in [-0.15, -0.1) is 11.3 Å². The molecule has 6 nitrogen and oxygen atoms in total. The first-order valence-corrected chi connectivity index (χ1v) is 8.20. The van der Waals surface area contributed by atoms with Crippen molar-refractivity contribution in [2.45, 2.75) is 25.3 Å². The summed E-state index contributed by atoms with van der Waals surface area (Å²) in [7, 11) is 3.10. The summed E-state index contributed by atoms with van der Waals surface area (Å²) in [4.78, 5) is 18.1. The van der Waals surface area contributed by atoms with Gasteiger partial charge in [0.05, 0.1) is 19.9 Å². The van der Waals surface area contributed by atoms with Gasteiger partial charge >= 0.3 is 0 Å². The lowest BCUT2D eigenvalue weighted by Crippen LogP contribution is -2.27. The molecule has 0 saturated carbocycles. The summed E-state index contributed by atoms with van der Waals surface area (Å²) >= 11 is 1.50. The normalized spacial score (nSPS) is 16.6. The minimum atomic E-state index is -0.221. The molecule has 0 unspecified atom stereocenters. The molecule has 1 amide bonds. The van der Waals surface area contributed by atoms with E-state index in [1.807, 2.05) is 0 Å². The van der Waals surface area contributed by atoms with E-state index in [4.69, 9.17) is 15.2 Å². The van der Waals surface area contributed by atoms with Crippen LogP contribution in [0.25, 0.3) is 0 Å². The molecule has 0 saturated heterocycles. The zero-order valence-electron chi connectivity index (χ0n) is 13.1. The largest absolute Gasteiger partial charge is 0.493 e. The molecule has 1 heterocycles. The minimum Gasteiger partial charge on any atom is -0.493 e. The van der Waals surface area contributed by atoms with Gasteiger partial charge < -0.3 is 15.2 Å². The maximum atomic E-state index is 12.4. The molecule has 23 heavy (non-hydrogen) atoms. The zero-order valence-corrected chi connectivity index (χ0v) is 13.9. The summed E-state index contributed by atoms with van der Waals surface area (Å²) in [5.41, 5.74) is 7.52. The van der Waals surface area contributed by atoms with Crippen LogP contribution in [0, 0.1) is 0 Å². The maximum absolute atomic E-state index is 12.4. The zero-order chi connectivity index (χ0) is 16.4. The van der Waals surface area contributed by atoms with E-state index in [1.165, 1.54) is 23.3 Å². The number of hydrogen-bond donors (Lipinski definition) is 2. The predicted octanol–water partition coefficient (Wildman–Crippen LogP) is 2.23. The Bertz CT molecular complexity index is 729. The van der Waals surface area contributed by atoms with Crippen molar-refractivity contribution in [3.63, 3.8) is 0 Å². The molecule has 7 heteroatoms. The van der Waals surface area contributed by atoms with Gasteiger partial charge in [0.1, 0.15) is 0 Å². The third-order valence-corrected chi connectivity index (χ3v) is 4.88. The number of hydrogen-bond acceptors (Lipinski definition) is 6. The van der Waals surface area contributed by atoms with Crippen molar-refractivity contribution in [2.75, 3.05) is 19.5 Å². The van der Waals surface area contributed by atoms with Crippen molar-refractivity contribution >= 4 is 22.4 Å². The fraction of sp³-hybridized carbons (Fsp3) is 0.375. The van der Waals surface area contributed by atoms with Gasteiger partial charge in [-0.3, -0.25) is 10.1 Å². The Kier molecular flexibility index (Phi) is 4.49. The van der Waals surface area contributed by atoms with Crippen LogP contribution in [0.3, 0.4) is 0 Å². The van der Waals surface area contributed by atoms with Crippen LogP contribution in [0.15, 0.2) is 18.2 Å². The van der Waals surface area contributed by atoms with Gasteiger partial charge in [0.2, 0.25) is 0 Å². The van der Waals surface area contributed by atoms with Gasteiger partial charge in [0.25, 0.3) is 5.91 Å². The van der Waals surface area contributed by atoms with Crippen molar-refractivity contribution in [3.8, 4) is 11.5 Å². The van der Waals surface area contributed by atoms with Gasteiger partial charge in [-0.05, 0) is 37.5 Å². The van der Waals surface area contributed by atoms with Crippen LogP contribution in [-0.2, 0) is 12.8 Å². The van der Waals surface area contributed by atoms with Gasteiger partial charge in [0.15, 0.2) is 16.6 Å². The number of carbonyl (C=O) groups excluding carboxylic acids is 1. The number of methoxy groups -OCH3 is 2. The highest BCUT2D eigenvalue weighted by atomic mass is 32.1. The number of nitrogens with zero attached hydrogens (tertiary/aromatic N) is 1. The number of rotatable bonds is 4. The summed E-state index contributed by atoms with van der Waals surface area (Å²) in [5, 5.41) is 3.47. The summed E-state index contributed by atoms with van der Waals surface area (Å²) in [6.07, 6.45) is 2.65. The van der Waals surface area contributed by atoms with E-state index in [9.17, 15) is 4.79 Å². The molecule has 3 N–H and O–H groups in total. The highest BCUT2D eigenvalue weighted by Crippen LogP contribution is 2.31. The van der Waals surface area contributed by atoms with Crippen LogP contribution < -0.4 is 20.5 Å². The molecule has 0 aliphatic heterocycles. The van der Waals surface area contributed by atoms with Crippen LogP contribution in [0.1, 0.15) is 27.3 Å². The highest BCUT2D eigenvalue weighted by Gasteiger charge is 2.21. The SMILES string of the molecule is COc1ccc(C(=O)Nc2nc3c(s2)C[C@@H](N)CC3)cc1OC. The van der Waals surface area contributed by atoms with Crippen molar-refractivity contribution in [1.82, 2.24) is 4.98 Å². The molecule has 0 radical (unpaired) electrons. The molecule has 0 fully saturated rings. The molecule has 0 spiro atoms. The van der Waals surface area contributed by atoms with E-state index in [1.54, 1.807) is 25.3 Å². The molecular weight excluding hydrogens is 314 g/mol. The molecule has 1 aromatic heterocycles. The van der Waals surface area contributed by atoms with Crippen LogP contribution in [0.4, 0.5) is 5.13 Å². The smallest absolute Gasteiger partial charge is 0.257 e. The predicted molar refractivity (Wildman–Crippen MR) is 89.6 cm³/mol. The van der Waals surface area contributed by atoms with Gasteiger partial charge in [-0.2, -0.15) is 0 Å². The highest BCUT2D eigenvalue weighted by molar-refractivity contribution is 7.15. The third kappa shape index (κ3) is 3.30. The average Bonchev–Trinajstić information content (AvgIpc) is 2.95. The number of aromatic nitrogens is 1. The standard InChI is InChI=1S/C16H19N3O3S/c1-21-12-6-3-9(7-13(12)22-2)15(20)19-16-18-11-5-4-10(17)8-14(11)23-16/h3,6-7,10H,4-5,8,17H2,1-2H3,(H,18,19,20)/t10-/m0/s1. The van der Waals surface area contributed by atoms with Crippen molar-refractivity contribution in [1.29, 1.82) is 0 Å². The summed E-state index contributed by atoms with van der Waals surface area (Å²) < 4.78 is 10.4. The number of aryl methyl sites for hydroxylation is 1. The van der Waals surface area contributed by atoms with E-state index in [0.29, 0.717) is 22.2 Å². The number of nitrogens with two attached hydrogens (primary N) is 1. The lowest BCUT2D eigenvalue weighted by Gasteiger charge is -2.15. The summed E-state index contributed by atoms with van der Waals surface area (Å²) in [6, 6.07) is 5.24. The number of nitrogens with one attached hydrogen (secondary N) is 1. The fourth-order valence-electron chi connectivity index (χ4n) is 2.60. The lowest BCUT2D eigenvalue weighted by molar-refractivity contribution is 0.102. The first kappa shape index (κ1) is 15.8. The van der Waals surface area contributed by atoms with Crippen molar-refractivity contribution in [2.24, 2.45) is 5.73 Å². The Labute approximate surface area is 138 Å². The quantitative estimate of drug-likeness (QED) is 0.896. The first-order valence-electron chi connectivity index (χ1n) is 7.38. The minimum absolute atomic E-state index is 0.192. The Balaban J connectivity index is 1.77. The molecule has 2 aromatic rings. The molecule has 0 bridgehead atoms. The molecular formula is C16H19N3O3S. The number of benzene rings is 1. The van der Waals surface area contributed by atoms with Gasteiger partial charge in [-0.25, -0.2) is 4.98 Å². The molecule has 1 aliphatic rings. The fourth-order valence-corrected chi connectivity index (χ4v) is 3.70. The van der Waals surface area contributed by atoms with E-state index < -0.39 is 0 Å². The second-order valence-electron chi connectivity index (χ2n) is 5.42. The number of fused-ring (bicyclic) bond motifs is 1. The van der Waals surface area contributed by atoms with Crippen molar-refractivity contribution in [3.05, 3.63) is 34.3 Å². The Morgan fingerprint density at radius 3 is 2.87 bits per heavy atom. The molecule has 1 aliphatic carbocycles. The van der Waals surface area contributed by atoms with Crippen LogP contribution in [0.5, 0.6) is 11.5 Å². The summed E-state index contributed by atoms with van der Waals surface area (Å²) in [5.74, 6) is 0.883. The van der Waals surface area contributed by atoms with Crippen molar-refractivity contribution < 1.29 is 14.3 Å². The summed E-state index contributed by atoms with van der Waals surface area (Å²) in [6.45, 7) is 0. The number of thiazole rings is 1. The van der Waals surface area contributed by atoms with Crippen LogP contribution >= 0.6 is 11.3 Å². The lowest BCUT2D eigenvalue weighted by atomic mass is 9.99. The van der Waals surface area contributed by atoms with E-state index in [2.05, 4.69) is 10.3 Å². The molecule has 1 atom stereocenters. The van der Waals surface area contributed by atoms with Gasteiger partial charge in [-0.1, -0.05) is 0 Å². The van der Waals surface area contributed by atoms with E-state index in [0.717, 1.165) is 25.0 Å². The third-order valence-electron chi connectivity index (χ3n) is 3.84. The van der Waals surface area contributed by atoms with Crippen LogP contribution in [-0.4, -0.2) is 31.2 Å². The number of amides is 1. The number of carbonyl (C=O) groups is 1. The Morgan fingerprint density at radius 1 is 1.35 bits per heavy atom. The second kappa shape index (κ2) is 6.55. The number of anilines is 1. The molecule has 3 rings (SSSR count). The topological polar surface area (TPSA) is 86.5 Å². The van der Waals surface area contributed by atoms with E-state index in [-0.39, 0.29) is 11.9 Å². The van der Waals surface area contributed by atoms with Crippen LogP contribution in [0.2, 0.25) is 0 Å². The second-order valence-corrected chi connectivity index (χ2v) is 6.50.